The Balaban J connectivity index is 1.11. The molecule has 2 aromatic heterocycles. The van der Waals surface area contributed by atoms with Gasteiger partial charge in [0.1, 0.15) is 5.82 Å². The molecule has 0 aliphatic carbocycles. The van der Waals surface area contributed by atoms with E-state index in [0.29, 0.717) is 16.9 Å². The molecule has 2 aliphatic rings. The van der Waals surface area contributed by atoms with E-state index in [1.807, 2.05) is 66.7 Å². The Kier molecular flexibility index (Phi) is 5.92. The Labute approximate surface area is 216 Å². The van der Waals surface area contributed by atoms with Gasteiger partial charge in [0.25, 0.3) is 5.91 Å². The van der Waals surface area contributed by atoms with Crippen molar-refractivity contribution in [2.24, 2.45) is 5.41 Å². The SMILES string of the molecule is Nc1ccc(-c2ccccc2)cc1NC(=O)c1ccc(N2CC[C@]3(CCN(c4ncccn4)C3)C2)nc1. The van der Waals surface area contributed by atoms with Crippen LogP contribution in [0.1, 0.15) is 23.2 Å². The molecule has 0 saturated carbocycles. The zero-order valence-electron chi connectivity index (χ0n) is 20.5. The number of nitrogens with two attached hydrogens (primary N) is 1. The first kappa shape index (κ1) is 23.0. The smallest absolute Gasteiger partial charge is 0.257 e. The molecule has 2 aromatic carbocycles. The number of anilines is 4. The highest BCUT2D eigenvalue weighted by Crippen LogP contribution is 2.41. The lowest BCUT2D eigenvalue weighted by Gasteiger charge is -2.25. The Morgan fingerprint density at radius 2 is 1.59 bits per heavy atom. The van der Waals surface area contributed by atoms with Gasteiger partial charge in [-0.15, -0.1) is 0 Å². The number of nitrogens with one attached hydrogen (secondary N) is 1. The number of carbonyl (C=O) groups excluding carboxylic acids is 1. The van der Waals surface area contributed by atoms with E-state index in [0.717, 1.165) is 61.9 Å². The van der Waals surface area contributed by atoms with E-state index in [1.54, 1.807) is 18.6 Å². The van der Waals surface area contributed by atoms with E-state index in [4.69, 9.17) is 5.73 Å². The van der Waals surface area contributed by atoms with E-state index in [9.17, 15) is 4.79 Å². The van der Waals surface area contributed by atoms with Crippen molar-refractivity contribution in [2.45, 2.75) is 12.8 Å². The van der Waals surface area contributed by atoms with Crippen LogP contribution in [0.5, 0.6) is 0 Å². The Morgan fingerprint density at radius 1 is 0.838 bits per heavy atom. The van der Waals surface area contributed by atoms with Gasteiger partial charge in [-0.1, -0.05) is 36.4 Å². The molecular weight excluding hydrogens is 462 g/mol. The van der Waals surface area contributed by atoms with Gasteiger partial charge >= 0.3 is 0 Å². The van der Waals surface area contributed by atoms with Gasteiger partial charge in [0, 0.05) is 50.2 Å². The highest BCUT2D eigenvalue weighted by molar-refractivity contribution is 6.06. The van der Waals surface area contributed by atoms with Crippen LogP contribution >= 0.6 is 0 Å². The summed E-state index contributed by atoms with van der Waals surface area (Å²) < 4.78 is 0. The first-order valence-electron chi connectivity index (χ1n) is 12.6. The van der Waals surface area contributed by atoms with Crippen molar-refractivity contribution in [2.75, 3.05) is 47.0 Å². The normalized spacial score (nSPS) is 18.9. The molecule has 0 bridgehead atoms. The standard InChI is InChI=1S/C29H29N7O/c30-24-9-7-22(21-5-2-1-3-6-21)17-25(24)34-27(37)23-8-10-26(33-18-23)35-15-11-29(19-35)12-16-36(20-29)28-31-13-4-14-32-28/h1-10,13-14,17-18H,11-12,15-16,19-20,30H2,(H,34,37)/t29-/m0/s1. The van der Waals surface area contributed by atoms with Gasteiger partial charge in [0.05, 0.1) is 16.9 Å². The number of aromatic nitrogens is 3. The third-order valence-electron chi connectivity index (χ3n) is 7.45. The number of hydrogen-bond acceptors (Lipinski definition) is 7. The highest BCUT2D eigenvalue weighted by atomic mass is 16.1. The molecule has 1 spiro atoms. The van der Waals surface area contributed by atoms with Crippen LogP contribution in [0, 0.1) is 5.41 Å². The predicted octanol–water partition coefficient (Wildman–Crippen LogP) is 4.48. The van der Waals surface area contributed by atoms with Crippen LogP contribution in [-0.4, -0.2) is 47.0 Å². The van der Waals surface area contributed by atoms with Crippen molar-refractivity contribution in [3.8, 4) is 11.1 Å². The second-order valence-electron chi connectivity index (χ2n) is 9.92. The number of pyridine rings is 1. The van der Waals surface area contributed by atoms with Gasteiger partial charge < -0.3 is 20.9 Å². The summed E-state index contributed by atoms with van der Waals surface area (Å²) >= 11 is 0. The predicted molar refractivity (Wildman–Crippen MR) is 147 cm³/mol. The molecule has 1 amide bonds. The van der Waals surface area contributed by atoms with Crippen LogP contribution in [-0.2, 0) is 0 Å². The van der Waals surface area contributed by atoms with E-state index in [1.165, 1.54) is 0 Å². The maximum atomic E-state index is 13.0. The summed E-state index contributed by atoms with van der Waals surface area (Å²) in [5, 5.41) is 2.95. The largest absolute Gasteiger partial charge is 0.397 e. The molecule has 2 aliphatic heterocycles. The zero-order chi connectivity index (χ0) is 25.2. The fourth-order valence-electron chi connectivity index (χ4n) is 5.40. The molecular formula is C29H29N7O. The molecule has 186 valence electrons. The first-order valence-corrected chi connectivity index (χ1v) is 12.6. The summed E-state index contributed by atoms with van der Waals surface area (Å²) in [4.78, 5) is 31.1. The second-order valence-corrected chi connectivity index (χ2v) is 9.92. The topological polar surface area (TPSA) is 100 Å². The minimum Gasteiger partial charge on any atom is -0.397 e. The summed E-state index contributed by atoms with van der Waals surface area (Å²) in [6.07, 6.45) is 7.46. The Morgan fingerprint density at radius 3 is 2.35 bits per heavy atom. The Bertz CT molecular complexity index is 1400. The van der Waals surface area contributed by atoms with Crippen molar-refractivity contribution in [3.05, 3.63) is 90.9 Å². The van der Waals surface area contributed by atoms with Crippen LogP contribution in [0.2, 0.25) is 0 Å². The van der Waals surface area contributed by atoms with E-state index >= 15 is 0 Å². The van der Waals surface area contributed by atoms with Crippen LogP contribution in [0.4, 0.5) is 23.1 Å². The number of amides is 1. The number of carbonyl (C=O) groups is 1. The third-order valence-corrected chi connectivity index (χ3v) is 7.45. The molecule has 2 saturated heterocycles. The Hall–Kier alpha value is -4.46. The number of hydrogen-bond donors (Lipinski definition) is 2. The monoisotopic (exact) mass is 491 g/mol. The van der Waals surface area contributed by atoms with E-state index in [-0.39, 0.29) is 11.3 Å². The van der Waals surface area contributed by atoms with Gasteiger partial charge in [0.2, 0.25) is 5.95 Å². The van der Waals surface area contributed by atoms with Crippen LogP contribution in [0.25, 0.3) is 11.1 Å². The van der Waals surface area contributed by atoms with Crippen LogP contribution < -0.4 is 20.9 Å². The third kappa shape index (κ3) is 4.70. The van der Waals surface area contributed by atoms with Crippen LogP contribution in [0.3, 0.4) is 0 Å². The number of nitrogen functional groups attached to an aromatic ring is 1. The minimum atomic E-state index is -0.233. The van der Waals surface area contributed by atoms with Crippen molar-refractivity contribution >= 4 is 29.0 Å². The van der Waals surface area contributed by atoms with Crippen molar-refractivity contribution in [1.82, 2.24) is 15.0 Å². The van der Waals surface area contributed by atoms with Crippen molar-refractivity contribution in [3.63, 3.8) is 0 Å². The molecule has 3 N–H and O–H groups in total. The minimum absolute atomic E-state index is 0.220. The average molecular weight is 492 g/mol. The van der Waals surface area contributed by atoms with Gasteiger partial charge in [-0.2, -0.15) is 0 Å². The summed E-state index contributed by atoms with van der Waals surface area (Å²) in [5.41, 5.74) is 10.0. The highest BCUT2D eigenvalue weighted by Gasteiger charge is 2.44. The maximum Gasteiger partial charge on any atom is 0.257 e. The molecule has 4 heterocycles. The fraction of sp³-hybridized carbons (Fsp3) is 0.241. The molecule has 8 nitrogen and oxygen atoms in total. The lowest BCUT2D eigenvalue weighted by atomic mass is 9.86. The number of nitrogens with zero attached hydrogens (tertiary/aromatic N) is 5. The van der Waals surface area contributed by atoms with Crippen LogP contribution in [0.15, 0.2) is 85.3 Å². The molecule has 0 radical (unpaired) electrons. The van der Waals surface area contributed by atoms with Gasteiger partial charge in [-0.3, -0.25) is 4.79 Å². The lowest BCUT2D eigenvalue weighted by Crippen LogP contribution is -2.31. The first-order chi connectivity index (χ1) is 18.1. The van der Waals surface area contributed by atoms with E-state index in [2.05, 4.69) is 30.1 Å². The second kappa shape index (κ2) is 9.54. The number of rotatable bonds is 5. The molecule has 4 aromatic rings. The molecule has 0 unspecified atom stereocenters. The van der Waals surface area contributed by atoms with E-state index < -0.39 is 0 Å². The fourth-order valence-corrected chi connectivity index (χ4v) is 5.40. The summed E-state index contributed by atoms with van der Waals surface area (Å²) in [5.74, 6) is 1.47. The maximum absolute atomic E-state index is 13.0. The van der Waals surface area contributed by atoms with Crippen molar-refractivity contribution in [1.29, 1.82) is 0 Å². The summed E-state index contributed by atoms with van der Waals surface area (Å²) in [6, 6.07) is 21.3. The zero-order valence-corrected chi connectivity index (χ0v) is 20.5. The molecule has 6 rings (SSSR count). The summed E-state index contributed by atoms with van der Waals surface area (Å²) in [7, 11) is 0. The van der Waals surface area contributed by atoms with Crippen molar-refractivity contribution < 1.29 is 4.79 Å². The summed E-state index contributed by atoms with van der Waals surface area (Å²) in [6.45, 7) is 3.82. The molecule has 8 heteroatoms. The number of benzene rings is 2. The van der Waals surface area contributed by atoms with Gasteiger partial charge in [-0.05, 0) is 54.3 Å². The van der Waals surface area contributed by atoms with Gasteiger partial charge in [-0.25, -0.2) is 15.0 Å². The molecule has 1 atom stereocenters. The molecule has 2 fully saturated rings. The van der Waals surface area contributed by atoms with Gasteiger partial charge in [0.15, 0.2) is 0 Å². The molecule has 37 heavy (non-hydrogen) atoms. The average Bonchev–Trinajstić information content (AvgIpc) is 3.57. The quantitative estimate of drug-likeness (QED) is 0.397. The lowest BCUT2D eigenvalue weighted by molar-refractivity contribution is 0.102.